The lowest BCUT2D eigenvalue weighted by Gasteiger charge is -2.71. The van der Waals surface area contributed by atoms with Crippen molar-refractivity contribution in [1.82, 2.24) is 0 Å². The second kappa shape index (κ2) is 20.5. The standard InChI is InChI=1S/C53H86O21/c1-23-32(56)36(60)39(63)43(68-23)73-42-35(59)28(71-44-40(64)37(61)33(57)26(20-54)69-44)22-67-46(42)74-47(66)53-17-15-48(2,3)19-25(53)24-9-10-30-50(6)13-12-31(72-45-41(65)38(62)34(58)27(21-55)70-45)49(4,5)29(50)11-14-52(30,8)51(24,7)16-18-53/h9,23,25-46,54-65H,10-22H2,1-8H3/t23-,25-,26+,27+,28+,29-,30+,31-,32-,33+,34+,35-,36+,37-,38-,39+,40+,41+,42+,43-,44-,45-,46-,50-,51+,52+,53-/m0/s1. The molecule has 0 unspecified atom stereocenters. The number of carbonyl (C=O) groups is 1. The first kappa shape index (κ1) is 57.1. The van der Waals surface area contributed by atoms with Gasteiger partial charge in [-0.05, 0) is 116 Å². The molecule has 9 rings (SSSR count). The number of aliphatic hydroxyl groups excluding tert-OH is 12. The van der Waals surface area contributed by atoms with Crippen molar-refractivity contribution in [3.05, 3.63) is 11.6 Å². The zero-order valence-corrected chi connectivity index (χ0v) is 44.1. The summed E-state index contributed by atoms with van der Waals surface area (Å²) >= 11 is 0. The van der Waals surface area contributed by atoms with Crippen molar-refractivity contribution in [2.24, 2.45) is 50.2 Å². The average molecular weight is 1060 g/mol. The van der Waals surface area contributed by atoms with Gasteiger partial charge in [0.2, 0.25) is 6.29 Å². The number of ether oxygens (including phenoxy) is 8. The highest BCUT2D eigenvalue weighted by Crippen LogP contribution is 2.76. The molecule has 0 aromatic heterocycles. The number of rotatable bonds is 10. The molecule has 4 saturated carbocycles. The van der Waals surface area contributed by atoms with Crippen molar-refractivity contribution in [3.8, 4) is 0 Å². The third-order valence-electron chi connectivity index (χ3n) is 21.0. The first-order chi connectivity index (χ1) is 34.6. The fraction of sp³-hybridized carbons (Fsp3) is 0.943. The first-order valence-electron chi connectivity index (χ1n) is 27.1. The van der Waals surface area contributed by atoms with E-state index in [9.17, 15) is 61.3 Å². The second-order valence-corrected chi connectivity index (χ2v) is 25.8. The minimum absolute atomic E-state index is 0.129. The van der Waals surface area contributed by atoms with E-state index in [1.165, 1.54) is 12.5 Å². The Labute approximate surface area is 433 Å². The predicted molar refractivity (Wildman–Crippen MR) is 255 cm³/mol. The molecule has 0 radical (unpaired) electrons. The Hall–Kier alpha value is -1.55. The van der Waals surface area contributed by atoms with E-state index >= 15 is 4.79 Å². The molecule has 4 aliphatic heterocycles. The molecule has 21 heteroatoms. The number of carbonyl (C=O) groups excluding carboxylic acids is 1. The van der Waals surface area contributed by atoms with Crippen LogP contribution in [-0.2, 0) is 42.7 Å². The molecule has 74 heavy (non-hydrogen) atoms. The van der Waals surface area contributed by atoms with Gasteiger partial charge in [-0.1, -0.05) is 60.1 Å². The molecule has 5 aliphatic carbocycles. The fourth-order valence-electron chi connectivity index (χ4n) is 16.1. The molecule has 9 aliphatic rings. The van der Waals surface area contributed by atoms with Gasteiger partial charge in [-0.15, -0.1) is 0 Å². The largest absolute Gasteiger partial charge is 0.432 e. The molecule has 424 valence electrons. The van der Waals surface area contributed by atoms with Crippen LogP contribution in [0.5, 0.6) is 0 Å². The number of hydrogen-bond acceptors (Lipinski definition) is 21. The summed E-state index contributed by atoms with van der Waals surface area (Å²) in [5.41, 5.74) is -0.899. The molecule has 12 N–H and O–H groups in total. The van der Waals surface area contributed by atoms with Crippen LogP contribution < -0.4 is 0 Å². The van der Waals surface area contributed by atoms with Crippen LogP contribution in [0.2, 0.25) is 0 Å². The summed E-state index contributed by atoms with van der Waals surface area (Å²) in [7, 11) is 0. The van der Waals surface area contributed by atoms with Crippen LogP contribution in [0.4, 0.5) is 0 Å². The first-order valence-corrected chi connectivity index (χ1v) is 27.1. The maximum Gasteiger partial charge on any atom is 0.315 e. The SMILES string of the molecule is C[C@@H]1O[C@@H](O[C@H]2[C@H](OC(=O)[C@]34CCC(C)(C)C[C@H]3C3=CC[C@@H]5[C@@]6(C)CC[C@H](O[C@@H]7O[C@H](CO)[C@@H](O)[C@H](O)[C@H]7O)C(C)(C)[C@@H]6CC[C@@]5(C)[C@]3(C)CC4)OC[C@@H](O[C@@H]3O[C@H](CO)[C@@H](O)[C@H](O)[C@H]3O)[C@@H]2O)[C@H](O)[C@H](O)[C@H]1O. The summed E-state index contributed by atoms with van der Waals surface area (Å²) in [6, 6.07) is 0. The molecule has 0 amide bonds. The number of fused-ring (bicyclic) bond motifs is 7. The molecule has 4 saturated heterocycles. The number of esters is 1. The number of allylic oxidation sites excluding steroid dienone is 2. The Morgan fingerprint density at radius 3 is 1.78 bits per heavy atom. The highest BCUT2D eigenvalue weighted by molar-refractivity contribution is 5.79. The summed E-state index contributed by atoms with van der Waals surface area (Å²) in [6.45, 7) is 15.8. The maximum absolute atomic E-state index is 15.4. The van der Waals surface area contributed by atoms with Crippen molar-refractivity contribution in [2.45, 2.75) is 242 Å². The molecule has 8 fully saturated rings. The van der Waals surface area contributed by atoms with Gasteiger partial charge in [0.1, 0.15) is 79.4 Å². The van der Waals surface area contributed by atoms with E-state index in [1.54, 1.807) is 0 Å². The van der Waals surface area contributed by atoms with Gasteiger partial charge in [-0.2, -0.15) is 0 Å². The molecular weight excluding hydrogens is 973 g/mol. The van der Waals surface area contributed by atoms with E-state index in [-0.39, 0.29) is 50.9 Å². The molecule has 0 bridgehead atoms. The maximum atomic E-state index is 15.4. The van der Waals surface area contributed by atoms with E-state index in [2.05, 4.69) is 54.5 Å². The lowest BCUT2D eigenvalue weighted by atomic mass is 9.33. The minimum Gasteiger partial charge on any atom is -0.432 e. The van der Waals surface area contributed by atoms with E-state index in [0.29, 0.717) is 32.1 Å². The Morgan fingerprint density at radius 2 is 1.18 bits per heavy atom. The molecule has 27 atom stereocenters. The topological polar surface area (TPSA) is 334 Å². The van der Waals surface area contributed by atoms with Crippen LogP contribution in [0.3, 0.4) is 0 Å². The molecule has 0 aromatic rings. The van der Waals surface area contributed by atoms with Crippen molar-refractivity contribution < 1.29 is 104 Å². The Kier molecular flexibility index (Phi) is 15.8. The quantitative estimate of drug-likeness (QED) is 0.0755. The van der Waals surface area contributed by atoms with Crippen molar-refractivity contribution in [2.75, 3.05) is 19.8 Å². The number of hydrogen-bond donors (Lipinski definition) is 12. The van der Waals surface area contributed by atoms with Gasteiger partial charge >= 0.3 is 5.97 Å². The average Bonchev–Trinajstić information content (AvgIpc) is 3.35. The fourth-order valence-corrected chi connectivity index (χ4v) is 16.1. The third-order valence-corrected chi connectivity index (χ3v) is 21.0. The van der Waals surface area contributed by atoms with Gasteiger partial charge in [-0.3, -0.25) is 4.79 Å². The van der Waals surface area contributed by atoms with E-state index in [0.717, 1.165) is 32.1 Å². The van der Waals surface area contributed by atoms with Crippen LogP contribution >= 0.6 is 0 Å². The van der Waals surface area contributed by atoms with Gasteiger partial charge in [0, 0.05) is 0 Å². The molecule has 0 spiro atoms. The summed E-state index contributed by atoms with van der Waals surface area (Å²) in [6.07, 6.45) is -19.9. The van der Waals surface area contributed by atoms with Gasteiger partial charge < -0.3 is 99.2 Å². The zero-order chi connectivity index (χ0) is 54.0. The van der Waals surface area contributed by atoms with Crippen LogP contribution in [0.15, 0.2) is 11.6 Å². The Morgan fingerprint density at radius 1 is 0.608 bits per heavy atom. The second-order valence-electron chi connectivity index (χ2n) is 25.8. The molecule has 0 aromatic carbocycles. The third kappa shape index (κ3) is 9.17. The number of aliphatic hydroxyl groups is 12. The van der Waals surface area contributed by atoms with E-state index in [4.69, 9.17) is 37.9 Å². The van der Waals surface area contributed by atoms with E-state index < -0.39 is 148 Å². The monoisotopic (exact) mass is 1060 g/mol. The van der Waals surface area contributed by atoms with Gasteiger partial charge in [0.15, 0.2) is 25.0 Å². The van der Waals surface area contributed by atoms with Crippen molar-refractivity contribution >= 4 is 5.97 Å². The Bertz CT molecular complexity index is 2040. The minimum atomic E-state index is -1.82. The lowest BCUT2D eigenvalue weighted by molar-refractivity contribution is -0.369. The Balaban J connectivity index is 0.973. The summed E-state index contributed by atoms with van der Waals surface area (Å²) in [4.78, 5) is 15.4. The summed E-state index contributed by atoms with van der Waals surface area (Å²) in [5.74, 6) is -0.298. The van der Waals surface area contributed by atoms with Crippen LogP contribution in [0, 0.1) is 50.2 Å². The summed E-state index contributed by atoms with van der Waals surface area (Å²) in [5, 5.41) is 128. The highest BCUT2D eigenvalue weighted by atomic mass is 16.8. The van der Waals surface area contributed by atoms with Gasteiger partial charge in [0.05, 0.1) is 37.4 Å². The van der Waals surface area contributed by atoms with Crippen molar-refractivity contribution in [1.29, 1.82) is 0 Å². The highest BCUT2D eigenvalue weighted by Gasteiger charge is 2.70. The van der Waals surface area contributed by atoms with Crippen molar-refractivity contribution in [3.63, 3.8) is 0 Å². The van der Waals surface area contributed by atoms with Gasteiger partial charge in [0.25, 0.3) is 0 Å². The van der Waals surface area contributed by atoms with Crippen LogP contribution in [0.1, 0.15) is 120 Å². The molecule has 21 nitrogen and oxygen atoms in total. The smallest absolute Gasteiger partial charge is 0.315 e. The van der Waals surface area contributed by atoms with Gasteiger partial charge in [-0.25, -0.2) is 0 Å². The van der Waals surface area contributed by atoms with Crippen LogP contribution in [0.25, 0.3) is 0 Å². The molecular formula is C53H86O21. The van der Waals surface area contributed by atoms with E-state index in [1.807, 2.05) is 0 Å². The molecule has 4 heterocycles. The summed E-state index contributed by atoms with van der Waals surface area (Å²) < 4.78 is 48.4. The zero-order valence-electron chi connectivity index (χ0n) is 44.1. The predicted octanol–water partition coefficient (Wildman–Crippen LogP) is -0.369. The van der Waals surface area contributed by atoms with Crippen LogP contribution in [-0.4, -0.2) is 210 Å². The normalized spacial score (nSPS) is 54.1. The lowest BCUT2D eigenvalue weighted by Crippen LogP contribution is -2.66.